The number of hydrogen-bond donors (Lipinski definition) is 3. The first-order chi connectivity index (χ1) is 9.68. The number of nitrogens with one attached hydrogen (secondary N) is 1. The summed E-state index contributed by atoms with van der Waals surface area (Å²) in [5.41, 5.74) is 7.23. The van der Waals surface area contributed by atoms with E-state index >= 15 is 0 Å². The normalized spacial score (nSPS) is 11.4. The maximum Gasteiger partial charge on any atom is 0.238 e. The third-order valence-corrected chi connectivity index (χ3v) is 4.62. The van der Waals surface area contributed by atoms with Crippen molar-refractivity contribution in [3.05, 3.63) is 46.2 Å². The Labute approximate surface area is 130 Å². The van der Waals surface area contributed by atoms with Gasteiger partial charge in [0.1, 0.15) is 5.82 Å². The van der Waals surface area contributed by atoms with Gasteiger partial charge < -0.3 is 11.1 Å². The van der Waals surface area contributed by atoms with Crippen LogP contribution in [-0.2, 0) is 10.0 Å². The minimum atomic E-state index is -3.89. The number of benzene rings is 2. The largest absolute Gasteiger partial charge is 0.399 e. The van der Waals surface area contributed by atoms with Crippen LogP contribution in [-0.4, -0.2) is 8.42 Å². The SMILES string of the molecule is Cc1c(Nc2cc(F)ccc2Br)cc(N)cc1S(N)(=O)=O. The summed E-state index contributed by atoms with van der Waals surface area (Å²) < 4.78 is 37.0. The topological polar surface area (TPSA) is 98.2 Å². The van der Waals surface area contributed by atoms with Gasteiger partial charge in [-0.15, -0.1) is 0 Å². The number of rotatable bonds is 3. The fourth-order valence-corrected chi connectivity index (χ4v) is 3.06. The molecule has 0 radical (unpaired) electrons. The molecule has 0 saturated heterocycles. The van der Waals surface area contributed by atoms with E-state index < -0.39 is 15.8 Å². The number of hydrogen-bond acceptors (Lipinski definition) is 4. The van der Waals surface area contributed by atoms with Crippen molar-refractivity contribution in [3.63, 3.8) is 0 Å². The summed E-state index contributed by atoms with van der Waals surface area (Å²) in [5, 5.41) is 8.11. The second-order valence-electron chi connectivity index (χ2n) is 4.49. The molecule has 8 heteroatoms. The van der Waals surface area contributed by atoms with Crippen molar-refractivity contribution in [1.29, 1.82) is 0 Å². The molecule has 0 heterocycles. The lowest BCUT2D eigenvalue weighted by atomic mass is 10.1. The van der Waals surface area contributed by atoms with Crippen LogP contribution in [0.25, 0.3) is 0 Å². The van der Waals surface area contributed by atoms with Crippen LogP contribution in [0.2, 0.25) is 0 Å². The minimum Gasteiger partial charge on any atom is -0.399 e. The number of sulfonamides is 1. The molecule has 0 atom stereocenters. The van der Waals surface area contributed by atoms with Crippen molar-refractivity contribution in [2.45, 2.75) is 11.8 Å². The van der Waals surface area contributed by atoms with Crippen molar-refractivity contribution in [2.24, 2.45) is 5.14 Å². The van der Waals surface area contributed by atoms with Gasteiger partial charge in [0.15, 0.2) is 0 Å². The molecule has 2 rings (SSSR count). The Bertz CT molecular complexity index is 809. The zero-order valence-electron chi connectivity index (χ0n) is 11.0. The van der Waals surface area contributed by atoms with Gasteiger partial charge >= 0.3 is 0 Å². The van der Waals surface area contributed by atoms with E-state index in [-0.39, 0.29) is 10.6 Å². The highest BCUT2D eigenvalue weighted by atomic mass is 79.9. The Morgan fingerprint density at radius 1 is 1.19 bits per heavy atom. The van der Waals surface area contributed by atoms with E-state index in [1.807, 2.05) is 0 Å². The number of nitrogen functional groups attached to an aromatic ring is 1. The Hall–Kier alpha value is -1.64. The molecule has 0 aliphatic heterocycles. The Morgan fingerprint density at radius 2 is 1.86 bits per heavy atom. The standard InChI is InChI=1S/C13H13BrFN3O2S/c1-7-11(5-9(16)6-13(7)21(17,19)20)18-12-4-8(15)2-3-10(12)14/h2-6,18H,16H2,1H3,(H2,17,19,20). The van der Waals surface area contributed by atoms with Crippen LogP contribution in [0.5, 0.6) is 0 Å². The maximum atomic E-state index is 13.3. The lowest BCUT2D eigenvalue weighted by molar-refractivity contribution is 0.597. The average Bonchev–Trinajstić information content (AvgIpc) is 2.36. The van der Waals surface area contributed by atoms with Crippen LogP contribution in [0.4, 0.5) is 21.5 Å². The van der Waals surface area contributed by atoms with Crippen LogP contribution in [0.3, 0.4) is 0 Å². The zero-order chi connectivity index (χ0) is 15.8. The molecule has 21 heavy (non-hydrogen) atoms. The van der Waals surface area contributed by atoms with E-state index in [4.69, 9.17) is 10.9 Å². The summed E-state index contributed by atoms with van der Waals surface area (Å²) >= 11 is 3.29. The Morgan fingerprint density at radius 3 is 2.48 bits per heavy atom. The molecule has 0 fully saturated rings. The second kappa shape index (κ2) is 5.63. The smallest absolute Gasteiger partial charge is 0.238 e. The number of halogens is 2. The van der Waals surface area contributed by atoms with Gasteiger partial charge in [0, 0.05) is 15.8 Å². The maximum absolute atomic E-state index is 13.3. The quantitative estimate of drug-likeness (QED) is 0.720. The van der Waals surface area contributed by atoms with E-state index in [9.17, 15) is 12.8 Å². The average molecular weight is 374 g/mol. The van der Waals surface area contributed by atoms with E-state index in [2.05, 4.69) is 21.2 Å². The predicted molar refractivity (Wildman–Crippen MR) is 84.3 cm³/mol. The first-order valence-electron chi connectivity index (χ1n) is 5.83. The van der Waals surface area contributed by atoms with Gasteiger partial charge in [-0.05, 0) is 58.7 Å². The molecule has 0 saturated carbocycles. The highest BCUT2D eigenvalue weighted by molar-refractivity contribution is 9.10. The second-order valence-corrected chi connectivity index (χ2v) is 6.87. The molecule has 2 aromatic rings. The summed E-state index contributed by atoms with van der Waals surface area (Å²) in [5.74, 6) is -0.422. The van der Waals surface area contributed by atoms with E-state index in [0.717, 1.165) is 0 Å². The van der Waals surface area contributed by atoms with Crippen LogP contribution >= 0.6 is 15.9 Å². The Kier molecular flexibility index (Phi) is 4.22. The van der Waals surface area contributed by atoms with Crippen LogP contribution in [0.1, 0.15) is 5.56 Å². The van der Waals surface area contributed by atoms with E-state index in [1.54, 1.807) is 19.1 Å². The summed E-state index contributed by atoms with van der Waals surface area (Å²) in [6.07, 6.45) is 0. The summed E-state index contributed by atoms with van der Waals surface area (Å²) in [6.45, 7) is 1.59. The fourth-order valence-electron chi connectivity index (χ4n) is 1.87. The van der Waals surface area contributed by atoms with Gasteiger partial charge in [-0.1, -0.05) is 0 Å². The molecule has 2 aromatic carbocycles. The highest BCUT2D eigenvalue weighted by Gasteiger charge is 2.16. The van der Waals surface area contributed by atoms with Gasteiger partial charge in [-0.2, -0.15) is 0 Å². The summed E-state index contributed by atoms with van der Waals surface area (Å²) in [7, 11) is -3.89. The molecule has 112 valence electrons. The highest BCUT2D eigenvalue weighted by Crippen LogP contribution is 2.32. The molecule has 0 spiro atoms. The van der Waals surface area contributed by atoms with E-state index in [1.165, 1.54) is 18.2 Å². The molecular formula is C13H13BrFN3O2S. The lowest BCUT2D eigenvalue weighted by Gasteiger charge is -2.15. The molecule has 0 aromatic heterocycles. The number of nitrogens with two attached hydrogens (primary N) is 2. The van der Waals surface area contributed by atoms with Crippen molar-refractivity contribution >= 4 is 43.0 Å². The molecule has 0 unspecified atom stereocenters. The van der Waals surface area contributed by atoms with E-state index in [0.29, 0.717) is 21.4 Å². The minimum absolute atomic E-state index is 0.0717. The van der Waals surface area contributed by atoms with Crippen LogP contribution < -0.4 is 16.2 Å². The molecular weight excluding hydrogens is 361 g/mol. The van der Waals surface area contributed by atoms with Crippen LogP contribution in [0, 0.1) is 12.7 Å². The lowest BCUT2D eigenvalue weighted by Crippen LogP contribution is -2.15. The summed E-state index contributed by atoms with van der Waals surface area (Å²) in [6, 6.07) is 6.97. The number of anilines is 3. The molecule has 0 aliphatic rings. The molecule has 0 amide bonds. The third kappa shape index (κ3) is 3.52. The van der Waals surface area contributed by atoms with Crippen molar-refractivity contribution < 1.29 is 12.8 Å². The monoisotopic (exact) mass is 373 g/mol. The number of primary sulfonamides is 1. The summed E-state index contributed by atoms with van der Waals surface area (Å²) in [4.78, 5) is -0.0717. The molecule has 0 aliphatic carbocycles. The molecule has 5 nitrogen and oxygen atoms in total. The Balaban J connectivity index is 2.55. The zero-order valence-corrected chi connectivity index (χ0v) is 13.4. The fraction of sp³-hybridized carbons (Fsp3) is 0.0769. The molecule has 0 bridgehead atoms. The van der Waals surface area contributed by atoms with Gasteiger partial charge in [-0.25, -0.2) is 17.9 Å². The van der Waals surface area contributed by atoms with Crippen molar-refractivity contribution in [3.8, 4) is 0 Å². The molecule has 5 N–H and O–H groups in total. The van der Waals surface area contributed by atoms with Crippen molar-refractivity contribution in [2.75, 3.05) is 11.1 Å². The first-order valence-corrected chi connectivity index (χ1v) is 8.17. The van der Waals surface area contributed by atoms with Crippen LogP contribution in [0.15, 0.2) is 39.7 Å². The van der Waals surface area contributed by atoms with Gasteiger partial charge in [0.2, 0.25) is 10.0 Å². The predicted octanol–water partition coefficient (Wildman–Crippen LogP) is 2.87. The third-order valence-electron chi connectivity index (χ3n) is 2.89. The van der Waals surface area contributed by atoms with Gasteiger partial charge in [-0.3, -0.25) is 0 Å². The van der Waals surface area contributed by atoms with Gasteiger partial charge in [0.25, 0.3) is 0 Å². The first kappa shape index (κ1) is 15.7. The van der Waals surface area contributed by atoms with Crippen molar-refractivity contribution in [1.82, 2.24) is 0 Å². The van der Waals surface area contributed by atoms with Gasteiger partial charge in [0.05, 0.1) is 10.6 Å².